The molecule has 0 radical (unpaired) electrons. The number of thiol groups is 1. The molecule has 1 aliphatic rings. The molecule has 98 valence electrons. The Kier molecular flexibility index (Phi) is 3.97. The summed E-state index contributed by atoms with van der Waals surface area (Å²) in [6.07, 6.45) is 2.07. The fourth-order valence-corrected chi connectivity index (χ4v) is 2.40. The van der Waals surface area contributed by atoms with Gasteiger partial charge < -0.3 is 10.1 Å². The summed E-state index contributed by atoms with van der Waals surface area (Å²) in [5.74, 6) is -0.0554. The number of benzene rings is 1. The largest absolute Gasteiger partial charge is 0.373 e. The van der Waals surface area contributed by atoms with Gasteiger partial charge in [-0.2, -0.15) is 0 Å². The van der Waals surface area contributed by atoms with Crippen LogP contribution in [0.3, 0.4) is 0 Å². The van der Waals surface area contributed by atoms with Gasteiger partial charge in [-0.05, 0) is 44.4 Å². The van der Waals surface area contributed by atoms with Gasteiger partial charge in [0.05, 0.1) is 5.60 Å². The molecule has 4 heteroatoms. The van der Waals surface area contributed by atoms with Crippen molar-refractivity contribution in [3.63, 3.8) is 0 Å². The average molecular weight is 265 g/mol. The molecule has 1 unspecified atom stereocenters. The Morgan fingerprint density at radius 1 is 1.56 bits per heavy atom. The number of carbonyl (C=O) groups is 1. The van der Waals surface area contributed by atoms with E-state index in [1.54, 1.807) is 6.07 Å². The monoisotopic (exact) mass is 265 g/mol. The highest BCUT2D eigenvalue weighted by molar-refractivity contribution is 7.80. The van der Waals surface area contributed by atoms with E-state index in [9.17, 15) is 4.79 Å². The molecule has 1 N–H and O–H groups in total. The topological polar surface area (TPSA) is 38.3 Å². The van der Waals surface area contributed by atoms with Crippen molar-refractivity contribution in [2.45, 2.75) is 37.2 Å². The quantitative estimate of drug-likeness (QED) is 0.824. The van der Waals surface area contributed by atoms with E-state index < -0.39 is 0 Å². The van der Waals surface area contributed by atoms with Crippen molar-refractivity contribution in [2.24, 2.45) is 0 Å². The number of aryl methyl sites for hydroxylation is 1. The molecule has 1 aromatic carbocycles. The van der Waals surface area contributed by atoms with Gasteiger partial charge in [0.1, 0.15) is 0 Å². The zero-order valence-corrected chi connectivity index (χ0v) is 11.7. The first-order valence-electron chi connectivity index (χ1n) is 6.22. The summed E-state index contributed by atoms with van der Waals surface area (Å²) in [5, 5.41) is 2.95. The van der Waals surface area contributed by atoms with Crippen molar-refractivity contribution in [2.75, 3.05) is 13.2 Å². The number of hydrogen-bond donors (Lipinski definition) is 2. The Morgan fingerprint density at radius 3 is 3.00 bits per heavy atom. The van der Waals surface area contributed by atoms with Crippen molar-refractivity contribution in [1.82, 2.24) is 5.32 Å². The number of nitrogens with one attached hydrogen (secondary N) is 1. The van der Waals surface area contributed by atoms with Crippen LogP contribution >= 0.6 is 12.6 Å². The van der Waals surface area contributed by atoms with Gasteiger partial charge in [-0.1, -0.05) is 6.07 Å². The smallest absolute Gasteiger partial charge is 0.251 e. The summed E-state index contributed by atoms with van der Waals surface area (Å²) in [6.45, 7) is 5.32. The molecule has 3 nitrogen and oxygen atoms in total. The third kappa shape index (κ3) is 3.06. The van der Waals surface area contributed by atoms with E-state index in [-0.39, 0.29) is 11.5 Å². The number of ether oxygens (including phenoxy) is 1. The lowest BCUT2D eigenvalue weighted by atomic mass is 10.0. The molecule has 1 heterocycles. The van der Waals surface area contributed by atoms with Crippen LogP contribution in [-0.2, 0) is 4.74 Å². The minimum absolute atomic E-state index is 0.0554. The molecular formula is C14H19NO2S. The predicted octanol–water partition coefficient (Wildman–Crippen LogP) is 2.58. The molecule has 0 bridgehead atoms. The SMILES string of the molecule is Cc1ccc(S)cc1C(=O)NCC1(C)CCCO1. The molecular weight excluding hydrogens is 246 g/mol. The van der Waals surface area contributed by atoms with E-state index in [0.717, 1.165) is 29.9 Å². The fourth-order valence-electron chi connectivity index (χ4n) is 2.19. The maximum Gasteiger partial charge on any atom is 0.251 e. The Balaban J connectivity index is 2.01. The zero-order chi connectivity index (χ0) is 13.2. The second kappa shape index (κ2) is 5.33. The summed E-state index contributed by atoms with van der Waals surface area (Å²) in [5.41, 5.74) is 1.44. The van der Waals surface area contributed by atoms with Crippen LogP contribution in [0.5, 0.6) is 0 Å². The van der Waals surface area contributed by atoms with Gasteiger partial charge in [-0.25, -0.2) is 0 Å². The standard InChI is InChI=1S/C14H19NO2S/c1-10-4-5-11(18)8-12(10)13(16)15-9-14(2)6-3-7-17-14/h4-5,8,18H,3,6-7,9H2,1-2H3,(H,15,16). The second-order valence-corrected chi connectivity index (χ2v) is 5.60. The molecule has 1 aromatic rings. The van der Waals surface area contributed by atoms with Crippen LogP contribution in [0.15, 0.2) is 23.1 Å². The summed E-state index contributed by atoms with van der Waals surface area (Å²) in [7, 11) is 0. The predicted molar refractivity (Wildman–Crippen MR) is 74.4 cm³/mol. The Hall–Kier alpha value is -1.00. The molecule has 0 aliphatic carbocycles. The van der Waals surface area contributed by atoms with E-state index in [2.05, 4.69) is 17.9 Å². The maximum absolute atomic E-state index is 12.1. The first-order valence-corrected chi connectivity index (χ1v) is 6.67. The molecule has 1 atom stereocenters. The third-order valence-corrected chi connectivity index (χ3v) is 3.67. The molecule has 0 spiro atoms. The average Bonchev–Trinajstić information content (AvgIpc) is 2.77. The van der Waals surface area contributed by atoms with Crippen molar-refractivity contribution in [3.05, 3.63) is 29.3 Å². The van der Waals surface area contributed by atoms with Crippen LogP contribution < -0.4 is 5.32 Å². The lowest BCUT2D eigenvalue weighted by molar-refractivity contribution is 0.0206. The highest BCUT2D eigenvalue weighted by Gasteiger charge is 2.30. The second-order valence-electron chi connectivity index (χ2n) is 5.08. The summed E-state index contributed by atoms with van der Waals surface area (Å²) in [6, 6.07) is 5.59. The highest BCUT2D eigenvalue weighted by atomic mass is 32.1. The molecule has 1 fully saturated rings. The van der Waals surface area contributed by atoms with Gasteiger partial charge in [-0.15, -0.1) is 12.6 Å². The minimum atomic E-state index is -0.206. The van der Waals surface area contributed by atoms with Crippen molar-refractivity contribution in [1.29, 1.82) is 0 Å². The number of amides is 1. The van der Waals surface area contributed by atoms with Crippen LogP contribution in [-0.4, -0.2) is 24.7 Å². The molecule has 0 saturated carbocycles. The van der Waals surface area contributed by atoms with E-state index in [4.69, 9.17) is 4.74 Å². The molecule has 1 amide bonds. The van der Waals surface area contributed by atoms with E-state index in [1.807, 2.05) is 26.0 Å². The van der Waals surface area contributed by atoms with Crippen molar-refractivity contribution >= 4 is 18.5 Å². The van der Waals surface area contributed by atoms with Gasteiger partial charge in [-0.3, -0.25) is 4.79 Å². The van der Waals surface area contributed by atoms with Crippen LogP contribution in [0.2, 0.25) is 0 Å². The summed E-state index contributed by atoms with van der Waals surface area (Å²) >= 11 is 4.26. The van der Waals surface area contributed by atoms with Crippen LogP contribution in [0, 0.1) is 6.92 Å². The van der Waals surface area contributed by atoms with Gasteiger partial charge in [0.15, 0.2) is 0 Å². The van der Waals surface area contributed by atoms with Gasteiger partial charge >= 0.3 is 0 Å². The number of hydrogen-bond acceptors (Lipinski definition) is 3. The third-order valence-electron chi connectivity index (χ3n) is 3.39. The van der Waals surface area contributed by atoms with E-state index in [1.165, 1.54) is 0 Å². The summed E-state index contributed by atoms with van der Waals surface area (Å²) < 4.78 is 5.65. The Labute approximate surface area is 113 Å². The molecule has 2 rings (SSSR count). The first kappa shape index (κ1) is 13.4. The zero-order valence-electron chi connectivity index (χ0n) is 10.8. The molecule has 1 aliphatic heterocycles. The lowest BCUT2D eigenvalue weighted by Crippen LogP contribution is -2.40. The Bertz CT molecular complexity index is 453. The van der Waals surface area contributed by atoms with Crippen LogP contribution in [0.4, 0.5) is 0 Å². The normalized spacial score (nSPS) is 23.1. The molecule has 1 saturated heterocycles. The molecule has 0 aromatic heterocycles. The number of carbonyl (C=O) groups excluding carboxylic acids is 1. The van der Waals surface area contributed by atoms with Crippen LogP contribution in [0.25, 0.3) is 0 Å². The lowest BCUT2D eigenvalue weighted by Gasteiger charge is -2.23. The first-order chi connectivity index (χ1) is 8.50. The number of rotatable bonds is 3. The van der Waals surface area contributed by atoms with Crippen molar-refractivity contribution < 1.29 is 9.53 Å². The highest BCUT2D eigenvalue weighted by Crippen LogP contribution is 2.24. The van der Waals surface area contributed by atoms with Gasteiger partial charge in [0, 0.05) is 23.6 Å². The maximum atomic E-state index is 12.1. The minimum Gasteiger partial charge on any atom is -0.373 e. The van der Waals surface area contributed by atoms with Crippen molar-refractivity contribution in [3.8, 4) is 0 Å². The Morgan fingerprint density at radius 2 is 2.33 bits per heavy atom. The van der Waals surface area contributed by atoms with Gasteiger partial charge in [0.25, 0.3) is 5.91 Å². The summed E-state index contributed by atoms with van der Waals surface area (Å²) in [4.78, 5) is 12.9. The molecule has 18 heavy (non-hydrogen) atoms. The van der Waals surface area contributed by atoms with E-state index >= 15 is 0 Å². The van der Waals surface area contributed by atoms with E-state index in [0.29, 0.717) is 12.1 Å². The van der Waals surface area contributed by atoms with Crippen LogP contribution in [0.1, 0.15) is 35.7 Å². The fraction of sp³-hybridized carbons (Fsp3) is 0.500. The van der Waals surface area contributed by atoms with Gasteiger partial charge in [0.2, 0.25) is 0 Å².